The molecule has 0 fully saturated rings. The molecule has 2 aromatic heterocycles. The van der Waals surface area contributed by atoms with E-state index in [1.807, 2.05) is 30.3 Å². The first-order valence-corrected chi connectivity index (χ1v) is 9.07. The quantitative estimate of drug-likeness (QED) is 0.683. The molecule has 0 saturated carbocycles. The summed E-state index contributed by atoms with van der Waals surface area (Å²) in [5.74, 6) is 1.34. The number of carbonyl (C=O) groups excluding carboxylic acids is 1. The second kappa shape index (κ2) is 7.49. The van der Waals surface area contributed by atoms with Gasteiger partial charge in [-0.05, 0) is 36.4 Å². The number of benzene rings is 1. The fourth-order valence-electron chi connectivity index (χ4n) is 2.57. The van der Waals surface area contributed by atoms with Crippen LogP contribution < -0.4 is 5.32 Å². The molecule has 124 valence electrons. The summed E-state index contributed by atoms with van der Waals surface area (Å²) in [6.45, 7) is 4.98. The Hall–Kier alpha value is -2.34. The average molecular weight is 340 g/mol. The monoisotopic (exact) mass is 340 g/mol. The van der Waals surface area contributed by atoms with E-state index in [1.54, 1.807) is 24.0 Å². The molecule has 0 aliphatic carbocycles. The standard InChI is InChI=1S/C18H20N4OS/c1-3-11-22-15-8-6-5-7-14(15)20-18(22)21-17(23)13-9-10-19-16(12-13)24-4-2/h5-10,12H,3-4,11H2,1-2H3,(H,20,21,23). The van der Waals surface area contributed by atoms with Gasteiger partial charge in [-0.15, -0.1) is 11.8 Å². The van der Waals surface area contributed by atoms with E-state index < -0.39 is 0 Å². The number of nitrogens with one attached hydrogen (secondary N) is 1. The summed E-state index contributed by atoms with van der Waals surface area (Å²) in [7, 11) is 0. The number of thioether (sulfide) groups is 1. The number of fused-ring (bicyclic) bond motifs is 1. The van der Waals surface area contributed by atoms with Crippen LogP contribution in [0, 0.1) is 0 Å². The zero-order valence-corrected chi connectivity index (χ0v) is 14.6. The van der Waals surface area contributed by atoms with E-state index in [9.17, 15) is 4.79 Å². The maximum absolute atomic E-state index is 12.6. The SMILES string of the molecule is CCCn1c(NC(=O)c2ccnc(SCC)c2)nc2ccccc21. The van der Waals surface area contributed by atoms with Crippen LogP contribution in [0.2, 0.25) is 0 Å². The van der Waals surface area contributed by atoms with Gasteiger partial charge in [0.05, 0.1) is 16.1 Å². The van der Waals surface area contributed by atoms with Crippen LogP contribution >= 0.6 is 11.8 Å². The molecule has 24 heavy (non-hydrogen) atoms. The number of hydrogen-bond donors (Lipinski definition) is 1. The number of aromatic nitrogens is 3. The minimum atomic E-state index is -0.164. The van der Waals surface area contributed by atoms with Gasteiger partial charge in [0.25, 0.3) is 5.91 Å². The van der Waals surface area contributed by atoms with E-state index in [1.165, 1.54) is 0 Å². The maximum atomic E-state index is 12.6. The van der Waals surface area contributed by atoms with Crippen LogP contribution in [-0.4, -0.2) is 26.2 Å². The number of amides is 1. The summed E-state index contributed by atoms with van der Waals surface area (Å²) < 4.78 is 2.05. The first kappa shape index (κ1) is 16.5. The Morgan fingerprint density at radius 1 is 1.25 bits per heavy atom. The highest BCUT2D eigenvalue weighted by Gasteiger charge is 2.14. The molecule has 0 atom stereocenters. The number of hydrogen-bond acceptors (Lipinski definition) is 4. The lowest BCUT2D eigenvalue weighted by Gasteiger charge is -2.09. The lowest BCUT2D eigenvalue weighted by atomic mass is 10.2. The molecule has 1 N–H and O–H groups in total. The molecule has 3 rings (SSSR count). The predicted octanol–water partition coefficient (Wildman–Crippen LogP) is 4.21. The fourth-order valence-corrected chi connectivity index (χ4v) is 3.21. The molecular formula is C18H20N4OS. The molecule has 0 radical (unpaired) electrons. The van der Waals surface area contributed by atoms with E-state index in [0.717, 1.165) is 34.8 Å². The molecule has 0 spiro atoms. The van der Waals surface area contributed by atoms with Crippen molar-refractivity contribution in [2.24, 2.45) is 0 Å². The number of anilines is 1. The van der Waals surface area contributed by atoms with Gasteiger partial charge < -0.3 is 4.57 Å². The topological polar surface area (TPSA) is 59.8 Å². The van der Waals surface area contributed by atoms with Gasteiger partial charge in [-0.2, -0.15) is 0 Å². The van der Waals surface area contributed by atoms with E-state index in [4.69, 9.17) is 0 Å². The highest BCUT2D eigenvalue weighted by molar-refractivity contribution is 7.99. The van der Waals surface area contributed by atoms with Crippen molar-refractivity contribution in [1.29, 1.82) is 0 Å². The smallest absolute Gasteiger partial charge is 0.258 e. The summed E-state index contributed by atoms with van der Waals surface area (Å²) in [5, 5.41) is 3.80. The summed E-state index contributed by atoms with van der Waals surface area (Å²) in [4.78, 5) is 21.4. The van der Waals surface area contributed by atoms with Crippen LogP contribution in [0.1, 0.15) is 30.6 Å². The Bertz CT molecular complexity index is 859. The first-order valence-electron chi connectivity index (χ1n) is 8.08. The molecule has 1 aromatic carbocycles. The number of rotatable bonds is 6. The highest BCUT2D eigenvalue weighted by atomic mass is 32.2. The van der Waals surface area contributed by atoms with Crippen molar-refractivity contribution >= 4 is 34.7 Å². The third kappa shape index (κ3) is 3.43. The molecule has 0 aliphatic rings. The summed E-state index contributed by atoms with van der Waals surface area (Å²) in [5.41, 5.74) is 2.51. The number of imidazole rings is 1. The van der Waals surface area contributed by atoms with Crippen LogP contribution in [0.15, 0.2) is 47.6 Å². The minimum absolute atomic E-state index is 0.164. The lowest BCUT2D eigenvalue weighted by Crippen LogP contribution is -2.16. The van der Waals surface area contributed by atoms with Crippen LogP contribution in [-0.2, 0) is 6.54 Å². The van der Waals surface area contributed by atoms with Gasteiger partial charge in [0.2, 0.25) is 5.95 Å². The summed E-state index contributed by atoms with van der Waals surface area (Å²) in [6, 6.07) is 11.5. The van der Waals surface area contributed by atoms with Gasteiger partial charge in [-0.1, -0.05) is 26.0 Å². The van der Waals surface area contributed by atoms with Gasteiger partial charge >= 0.3 is 0 Å². The summed E-state index contributed by atoms with van der Waals surface area (Å²) >= 11 is 1.62. The Morgan fingerprint density at radius 3 is 2.88 bits per heavy atom. The van der Waals surface area contributed by atoms with Crippen molar-refractivity contribution in [3.63, 3.8) is 0 Å². The van der Waals surface area contributed by atoms with Crippen molar-refractivity contribution in [1.82, 2.24) is 14.5 Å². The average Bonchev–Trinajstić information content (AvgIpc) is 2.93. The van der Waals surface area contributed by atoms with Crippen LogP contribution in [0.4, 0.5) is 5.95 Å². The second-order valence-corrected chi connectivity index (χ2v) is 6.63. The highest BCUT2D eigenvalue weighted by Crippen LogP contribution is 2.21. The van der Waals surface area contributed by atoms with Gasteiger partial charge in [-0.3, -0.25) is 10.1 Å². The number of pyridine rings is 1. The maximum Gasteiger partial charge on any atom is 0.258 e. The molecule has 6 heteroatoms. The van der Waals surface area contributed by atoms with E-state index in [-0.39, 0.29) is 5.91 Å². The van der Waals surface area contributed by atoms with E-state index in [2.05, 4.69) is 33.7 Å². The largest absolute Gasteiger partial charge is 0.310 e. The molecule has 0 aliphatic heterocycles. The van der Waals surface area contributed by atoms with Gasteiger partial charge in [0.1, 0.15) is 0 Å². The fraction of sp³-hybridized carbons (Fsp3) is 0.278. The number of nitrogens with zero attached hydrogens (tertiary/aromatic N) is 3. The van der Waals surface area contributed by atoms with Crippen molar-refractivity contribution in [2.75, 3.05) is 11.1 Å². The molecular weight excluding hydrogens is 320 g/mol. The van der Waals surface area contributed by atoms with E-state index in [0.29, 0.717) is 11.5 Å². The zero-order valence-electron chi connectivity index (χ0n) is 13.8. The van der Waals surface area contributed by atoms with Crippen LogP contribution in [0.5, 0.6) is 0 Å². The number of carbonyl (C=O) groups is 1. The number of aryl methyl sites for hydroxylation is 1. The molecule has 0 unspecified atom stereocenters. The summed E-state index contributed by atoms with van der Waals surface area (Å²) in [6.07, 6.45) is 2.64. The van der Waals surface area contributed by atoms with Crippen molar-refractivity contribution in [3.05, 3.63) is 48.2 Å². The lowest BCUT2D eigenvalue weighted by molar-refractivity contribution is 0.102. The normalized spacial score (nSPS) is 10.9. The second-order valence-electron chi connectivity index (χ2n) is 5.35. The third-order valence-electron chi connectivity index (χ3n) is 3.62. The number of para-hydroxylation sites is 2. The molecule has 1 amide bonds. The van der Waals surface area contributed by atoms with Crippen LogP contribution in [0.3, 0.4) is 0 Å². The Kier molecular flexibility index (Phi) is 5.15. The van der Waals surface area contributed by atoms with Gasteiger partial charge in [0.15, 0.2) is 0 Å². The Morgan fingerprint density at radius 2 is 2.08 bits per heavy atom. The molecule has 0 bridgehead atoms. The van der Waals surface area contributed by atoms with Crippen molar-refractivity contribution in [2.45, 2.75) is 31.8 Å². The third-order valence-corrected chi connectivity index (χ3v) is 4.42. The van der Waals surface area contributed by atoms with Gasteiger partial charge in [-0.25, -0.2) is 9.97 Å². The Labute approximate surface area is 145 Å². The minimum Gasteiger partial charge on any atom is -0.310 e. The zero-order chi connectivity index (χ0) is 16.9. The molecule has 2 heterocycles. The van der Waals surface area contributed by atoms with Gasteiger partial charge in [0, 0.05) is 18.3 Å². The van der Waals surface area contributed by atoms with Crippen molar-refractivity contribution < 1.29 is 4.79 Å². The first-order chi connectivity index (χ1) is 11.7. The molecule has 3 aromatic rings. The van der Waals surface area contributed by atoms with E-state index >= 15 is 0 Å². The predicted molar refractivity (Wildman–Crippen MR) is 98.6 cm³/mol. The Balaban J connectivity index is 1.90. The molecule has 0 saturated heterocycles. The van der Waals surface area contributed by atoms with Crippen molar-refractivity contribution in [3.8, 4) is 0 Å². The van der Waals surface area contributed by atoms with Crippen LogP contribution in [0.25, 0.3) is 11.0 Å². The molecule has 5 nitrogen and oxygen atoms in total.